The van der Waals surface area contributed by atoms with Crippen LogP contribution in [0, 0.1) is 0 Å². The van der Waals surface area contributed by atoms with E-state index in [-0.39, 0.29) is 5.56 Å². The first-order valence-corrected chi connectivity index (χ1v) is 4.81. The molecule has 1 aromatic heterocycles. The molecule has 0 aliphatic heterocycles. The van der Waals surface area contributed by atoms with Gasteiger partial charge in [0, 0.05) is 0 Å². The molecule has 0 aliphatic carbocycles. The molecule has 2 aromatic rings. The zero-order chi connectivity index (χ0) is 12.6. The third-order valence-electron chi connectivity index (χ3n) is 2.35. The smallest absolute Gasteiger partial charge is 0.335 e. The van der Waals surface area contributed by atoms with E-state index in [1.54, 1.807) is 0 Å². The van der Waals surface area contributed by atoms with Gasteiger partial charge in [0.15, 0.2) is 6.04 Å². The highest BCUT2D eigenvalue weighted by molar-refractivity contribution is 5.92. The van der Waals surface area contributed by atoms with Crippen molar-refractivity contribution in [3.05, 3.63) is 23.8 Å². The lowest BCUT2D eigenvalue weighted by molar-refractivity contribution is -0.140. The Balaban J connectivity index is 2.50. The van der Waals surface area contributed by atoms with Gasteiger partial charge in [-0.1, -0.05) is 0 Å². The lowest BCUT2D eigenvalue weighted by Crippen LogP contribution is -2.17. The van der Waals surface area contributed by atoms with E-state index in [2.05, 4.69) is 10.2 Å². The summed E-state index contributed by atoms with van der Waals surface area (Å²) in [6, 6.07) is 3.36. The van der Waals surface area contributed by atoms with Crippen LogP contribution in [0.1, 0.15) is 23.3 Å². The van der Waals surface area contributed by atoms with Gasteiger partial charge in [0.25, 0.3) is 0 Å². The molecule has 0 spiro atoms. The maximum atomic E-state index is 10.8. The highest BCUT2D eigenvalue weighted by atomic mass is 16.4. The van der Waals surface area contributed by atoms with Gasteiger partial charge in [0.05, 0.1) is 5.56 Å². The third-order valence-corrected chi connectivity index (χ3v) is 2.35. The number of aliphatic carboxylic acids is 1. The van der Waals surface area contributed by atoms with Gasteiger partial charge in [-0.3, -0.25) is 0 Å². The zero-order valence-corrected chi connectivity index (χ0v) is 8.86. The van der Waals surface area contributed by atoms with Crippen molar-refractivity contribution in [1.82, 2.24) is 15.0 Å². The fraction of sp³-hybridized carbons (Fsp3) is 0.200. The minimum Gasteiger partial charge on any atom is -0.480 e. The fourth-order valence-electron chi connectivity index (χ4n) is 1.34. The summed E-state index contributed by atoms with van der Waals surface area (Å²) in [6.07, 6.45) is 0. The largest absolute Gasteiger partial charge is 0.480 e. The first-order chi connectivity index (χ1) is 7.99. The van der Waals surface area contributed by atoms with Gasteiger partial charge in [0.1, 0.15) is 11.0 Å². The number of nitrogens with zero attached hydrogens (tertiary/aromatic N) is 3. The molecule has 0 fully saturated rings. The number of rotatable bonds is 3. The van der Waals surface area contributed by atoms with E-state index in [0.29, 0.717) is 11.0 Å². The molecule has 0 bridgehead atoms. The van der Waals surface area contributed by atoms with E-state index >= 15 is 0 Å². The van der Waals surface area contributed by atoms with Crippen LogP contribution in [0.2, 0.25) is 0 Å². The van der Waals surface area contributed by atoms with E-state index in [9.17, 15) is 9.59 Å². The number of hydrogen-bond acceptors (Lipinski definition) is 4. The molecular formula is C10H9N3O4. The first kappa shape index (κ1) is 11.1. The van der Waals surface area contributed by atoms with Gasteiger partial charge in [-0.25, -0.2) is 9.59 Å². The number of fused-ring (bicyclic) bond motifs is 1. The van der Waals surface area contributed by atoms with E-state index in [0.717, 1.165) is 4.80 Å². The standard InChI is InChI=1S/C10H9N3O4/c1-5(9(14)15)13-11-7-3-2-6(10(16)17)4-8(7)12-13/h2-5H,1H3,(H,14,15)(H,16,17). The summed E-state index contributed by atoms with van der Waals surface area (Å²) in [7, 11) is 0. The van der Waals surface area contributed by atoms with Gasteiger partial charge in [-0.15, -0.1) is 0 Å². The predicted octanol–water partition coefficient (Wildman–Crippen LogP) is 0.775. The summed E-state index contributed by atoms with van der Waals surface area (Å²) in [5, 5.41) is 25.5. The van der Waals surface area contributed by atoms with Gasteiger partial charge >= 0.3 is 11.9 Å². The van der Waals surface area contributed by atoms with Crippen molar-refractivity contribution in [3.63, 3.8) is 0 Å². The predicted molar refractivity (Wildman–Crippen MR) is 56.8 cm³/mol. The molecule has 1 atom stereocenters. The van der Waals surface area contributed by atoms with Crippen LogP contribution in [0.25, 0.3) is 11.0 Å². The van der Waals surface area contributed by atoms with Crippen molar-refractivity contribution in [1.29, 1.82) is 0 Å². The van der Waals surface area contributed by atoms with Crippen LogP contribution < -0.4 is 0 Å². The van der Waals surface area contributed by atoms with E-state index in [4.69, 9.17) is 10.2 Å². The fourth-order valence-corrected chi connectivity index (χ4v) is 1.34. The molecule has 0 saturated carbocycles. The SMILES string of the molecule is CC(C(=O)O)n1nc2ccc(C(=O)O)cc2n1. The van der Waals surface area contributed by atoms with Gasteiger partial charge in [0.2, 0.25) is 0 Å². The summed E-state index contributed by atoms with van der Waals surface area (Å²) in [5.41, 5.74) is 0.911. The van der Waals surface area contributed by atoms with Gasteiger partial charge in [-0.2, -0.15) is 15.0 Å². The molecule has 7 heteroatoms. The molecular weight excluding hydrogens is 226 g/mol. The van der Waals surface area contributed by atoms with E-state index in [1.807, 2.05) is 0 Å². The Bertz CT molecular complexity index is 605. The summed E-state index contributed by atoms with van der Waals surface area (Å²) >= 11 is 0. The number of hydrogen-bond donors (Lipinski definition) is 2. The van der Waals surface area contributed by atoms with Crippen LogP contribution in [-0.2, 0) is 4.79 Å². The molecule has 0 amide bonds. The number of aromatic carboxylic acids is 1. The number of aromatic nitrogens is 3. The second-order valence-corrected chi connectivity index (χ2v) is 3.54. The number of benzene rings is 1. The molecule has 0 radical (unpaired) electrons. The quantitative estimate of drug-likeness (QED) is 0.814. The molecule has 1 unspecified atom stereocenters. The molecule has 88 valence electrons. The van der Waals surface area contributed by atoms with Crippen LogP contribution >= 0.6 is 0 Å². The van der Waals surface area contributed by atoms with E-state index < -0.39 is 18.0 Å². The molecule has 0 saturated heterocycles. The average molecular weight is 235 g/mol. The van der Waals surface area contributed by atoms with Crippen LogP contribution in [-0.4, -0.2) is 37.1 Å². The van der Waals surface area contributed by atoms with Crippen molar-refractivity contribution in [2.45, 2.75) is 13.0 Å². The molecule has 7 nitrogen and oxygen atoms in total. The van der Waals surface area contributed by atoms with Gasteiger partial charge in [-0.05, 0) is 25.1 Å². The summed E-state index contributed by atoms with van der Waals surface area (Å²) in [6.45, 7) is 1.44. The molecule has 2 N–H and O–H groups in total. The topological polar surface area (TPSA) is 105 Å². The van der Waals surface area contributed by atoms with Crippen molar-refractivity contribution in [2.24, 2.45) is 0 Å². The van der Waals surface area contributed by atoms with Crippen molar-refractivity contribution >= 4 is 23.0 Å². The minimum atomic E-state index is -1.06. The lowest BCUT2D eigenvalue weighted by Gasteiger charge is -2.02. The van der Waals surface area contributed by atoms with Gasteiger partial charge < -0.3 is 10.2 Å². The van der Waals surface area contributed by atoms with Crippen LogP contribution in [0.4, 0.5) is 0 Å². The van der Waals surface area contributed by atoms with Crippen LogP contribution in [0.5, 0.6) is 0 Å². The highest BCUT2D eigenvalue weighted by Crippen LogP contribution is 2.14. The Morgan fingerprint density at radius 1 is 1.24 bits per heavy atom. The Labute approximate surface area is 95.3 Å². The molecule has 1 aromatic carbocycles. The molecule has 17 heavy (non-hydrogen) atoms. The second-order valence-electron chi connectivity index (χ2n) is 3.54. The third kappa shape index (κ3) is 1.94. The first-order valence-electron chi connectivity index (χ1n) is 4.81. The number of carbonyl (C=O) groups is 2. The van der Waals surface area contributed by atoms with Crippen LogP contribution in [0.3, 0.4) is 0 Å². The number of carboxylic acids is 2. The summed E-state index contributed by atoms with van der Waals surface area (Å²) in [5.74, 6) is -2.11. The monoisotopic (exact) mass is 235 g/mol. The van der Waals surface area contributed by atoms with Crippen molar-refractivity contribution < 1.29 is 19.8 Å². The summed E-state index contributed by atoms with van der Waals surface area (Å²) < 4.78 is 0. The molecule has 0 aliphatic rings. The second kappa shape index (κ2) is 3.85. The molecule has 1 heterocycles. The van der Waals surface area contributed by atoms with Crippen molar-refractivity contribution in [3.8, 4) is 0 Å². The maximum Gasteiger partial charge on any atom is 0.335 e. The Morgan fingerprint density at radius 2 is 1.88 bits per heavy atom. The minimum absolute atomic E-state index is 0.0903. The lowest BCUT2D eigenvalue weighted by atomic mass is 10.2. The highest BCUT2D eigenvalue weighted by Gasteiger charge is 2.17. The number of carboxylic acid groups (broad SMARTS) is 2. The Kier molecular flexibility index (Phi) is 2.51. The average Bonchev–Trinajstić information content (AvgIpc) is 2.69. The zero-order valence-electron chi connectivity index (χ0n) is 8.86. The molecule has 2 rings (SSSR count). The Hall–Kier alpha value is -2.44. The summed E-state index contributed by atoms with van der Waals surface area (Å²) in [4.78, 5) is 22.6. The van der Waals surface area contributed by atoms with E-state index in [1.165, 1.54) is 25.1 Å². The van der Waals surface area contributed by atoms with Crippen LogP contribution in [0.15, 0.2) is 18.2 Å². The van der Waals surface area contributed by atoms with Crippen molar-refractivity contribution in [2.75, 3.05) is 0 Å². The normalized spacial score (nSPS) is 12.5. The Morgan fingerprint density at radius 3 is 2.47 bits per heavy atom. The maximum absolute atomic E-state index is 10.8.